The molecule has 1 saturated carbocycles. The second kappa shape index (κ2) is 9.98. The number of amides is 1. The first kappa shape index (κ1) is 22.2. The molecule has 1 aliphatic heterocycles. The van der Waals surface area contributed by atoms with Gasteiger partial charge in [-0.15, -0.1) is 0 Å². The summed E-state index contributed by atoms with van der Waals surface area (Å²) >= 11 is 0. The molecule has 2 aliphatic rings. The largest absolute Gasteiger partial charge is 0.341 e. The molecule has 1 aromatic rings. The molecule has 0 unspecified atom stereocenters. The Bertz CT molecular complexity index is 770. The van der Waals surface area contributed by atoms with Crippen molar-refractivity contribution < 1.29 is 22.0 Å². The van der Waals surface area contributed by atoms with Gasteiger partial charge in [0.2, 0.25) is 15.7 Å². The first-order valence-electron chi connectivity index (χ1n) is 10.5. The number of hydrogen-bond donors (Lipinski definition) is 0. The lowest BCUT2D eigenvalue weighted by atomic mass is 9.86. The summed E-state index contributed by atoms with van der Waals surface area (Å²) in [6.45, 7) is 3.51. The van der Waals surface area contributed by atoms with Crippen molar-refractivity contribution in [3.63, 3.8) is 0 Å². The van der Waals surface area contributed by atoms with Crippen molar-refractivity contribution in [1.29, 1.82) is 0 Å². The van der Waals surface area contributed by atoms with Gasteiger partial charge in [-0.3, -0.25) is 9.69 Å². The fraction of sp³-hybridized carbons (Fsp3) is 0.667. The molecular weight excluding hydrogens is 398 g/mol. The van der Waals surface area contributed by atoms with E-state index in [1.54, 1.807) is 12.1 Å². The number of carbonyl (C=O) groups is 1. The number of nitrogens with zero attached hydrogens (tertiary/aromatic N) is 2. The Balaban J connectivity index is 1.43. The molecule has 3 rings (SSSR count). The molecule has 1 aromatic carbocycles. The number of benzene rings is 1. The maximum absolute atomic E-state index is 12.6. The standard InChI is InChI=1S/C21H30F2N2O3S/c22-21(23)29(27,28)19-9-6-18(7-10-19)16-24-12-14-25(15-13-24)20(26)11-8-17-4-2-1-3-5-17/h6-7,9-10,17,21H,1-5,8,11-16H2. The van der Waals surface area contributed by atoms with Gasteiger partial charge in [0, 0.05) is 39.1 Å². The molecule has 1 saturated heterocycles. The van der Waals surface area contributed by atoms with E-state index in [0.717, 1.165) is 25.1 Å². The minimum atomic E-state index is -4.55. The molecule has 0 bridgehead atoms. The molecular formula is C21H30F2N2O3S. The molecule has 0 N–H and O–H groups in total. The van der Waals surface area contributed by atoms with Crippen LogP contribution >= 0.6 is 0 Å². The maximum atomic E-state index is 12.6. The molecule has 1 heterocycles. The zero-order valence-corrected chi connectivity index (χ0v) is 17.5. The molecule has 8 heteroatoms. The predicted molar refractivity (Wildman–Crippen MR) is 107 cm³/mol. The minimum absolute atomic E-state index is 0.247. The van der Waals surface area contributed by atoms with E-state index in [-0.39, 0.29) is 10.8 Å². The van der Waals surface area contributed by atoms with Crippen LogP contribution in [0, 0.1) is 5.92 Å². The van der Waals surface area contributed by atoms with Gasteiger partial charge in [-0.25, -0.2) is 8.42 Å². The van der Waals surface area contributed by atoms with Crippen LogP contribution in [0.15, 0.2) is 29.2 Å². The van der Waals surface area contributed by atoms with Crippen molar-refractivity contribution >= 4 is 15.7 Å². The number of carbonyl (C=O) groups excluding carboxylic acids is 1. The van der Waals surface area contributed by atoms with Gasteiger partial charge in [-0.05, 0) is 30.0 Å². The Morgan fingerprint density at radius 2 is 1.62 bits per heavy atom. The summed E-state index contributed by atoms with van der Waals surface area (Å²) in [5, 5.41) is 0. The lowest BCUT2D eigenvalue weighted by molar-refractivity contribution is -0.133. The molecule has 5 nitrogen and oxygen atoms in total. The third-order valence-electron chi connectivity index (χ3n) is 6.11. The van der Waals surface area contributed by atoms with Gasteiger partial charge in [-0.2, -0.15) is 8.78 Å². The van der Waals surface area contributed by atoms with Crippen LogP contribution in [-0.2, 0) is 21.2 Å². The van der Waals surface area contributed by atoms with Crippen molar-refractivity contribution in [1.82, 2.24) is 9.80 Å². The Hall–Kier alpha value is -1.54. The van der Waals surface area contributed by atoms with Crippen LogP contribution in [0.25, 0.3) is 0 Å². The number of sulfone groups is 1. The SMILES string of the molecule is O=C(CCC1CCCCC1)N1CCN(Cc2ccc(S(=O)(=O)C(F)F)cc2)CC1. The van der Waals surface area contributed by atoms with E-state index in [4.69, 9.17) is 0 Å². The van der Waals surface area contributed by atoms with Crippen LogP contribution in [0.4, 0.5) is 8.78 Å². The number of rotatable bonds is 7. The fourth-order valence-electron chi connectivity index (χ4n) is 4.26. The summed E-state index contributed by atoms with van der Waals surface area (Å²) in [7, 11) is -4.55. The summed E-state index contributed by atoms with van der Waals surface area (Å²) in [5.74, 6) is -2.44. The molecule has 29 heavy (non-hydrogen) atoms. The van der Waals surface area contributed by atoms with E-state index < -0.39 is 15.6 Å². The highest BCUT2D eigenvalue weighted by atomic mass is 32.2. The van der Waals surface area contributed by atoms with Crippen molar-refractivity contribution in [2.24, 2.45) is 5.92 Å². The van der Waals surface area contributed by atoms with Crippen molar-refractivity contribution in [2.45, 2.75) is 62.1 Å². The lowest BCUT2D eigenvalue weighted by Crippen LogP contribution is -2.48. The van der Waals surface area contributed by atoms with Crippen molar-refractivity contribution in [3.05, 3.63) is 29.8 Å². The third kappa shape index (κ3) is 5.98. The average Bonchev–Trinajstić information content (AvgIpc) is 2.73. The molecule has 2 fully saturated rings. The molecule has 0 atom stereocenters. The van der Waals surface area contributed by atoms with E-state index in [1.807, 2.05) is 4.90 Å². The van der Waals surface area contributed by atoms with Gasteiger partial charge in [0.05, 0.1) is 4.90 Å². The second-order valence-corrected chi connectivity index (χ2v) is 10.1. The monoisotopic (exact) mass is 428 g/mol. The van der Waals surface area contributed by atoms with Gasteiger partial charge < -0.3 is 4.90 Å². The average molecular weight is 429 g/mol. The summed E-state index contributed by atoms with van der Waals surface area (Å²) in [5.41, 5.74) is 0.871. The molecule has 0 spiro atoms. The van der Waals surface area contributed by atoms with Crippen molar-refractivity contribution in [3.8, 4) is 0 Å². The fourth-order valence-corrected chi connectivity index (χ4v) is 4.98. The molecule has 0 aromatic heterocycles. The van der Waals surface area contributed by atoms with Crippen LogP contribution in [0.2, 0.25) is 0 Å². The van der Waals surface area contributed by atoms with E-state index in [0.29, 0.717) is 32.0 Å². The highest BCUT2D eigenvalue weighted by Crippen LogP contribution is 2.27. The number of alkyl halides is 2. The summed E-state index contributed by atoms with van der Waals surface area (Å²) in [6, 6.07) is 5.64. The third-order valence-corrected chi connectivity index (χ3v) is 7.51. The van der Waals surface area contributed by atoms with E-state index in [1.165, 1.54) is 44.2 Å². The van der Waals surface area contributed by atoms with Gasteiger partial charge in [0.15, 0.2) is 0 Å². The number of halogens is 2. The van der Waals surface area contributed by atoms with Gasteiger partial charge in [0.25, 0.3) is 0 Å². The number of piperazine rings is 1. The Kier molecular flexibility index (Phi) is 7.62. The first-order valence-corrected chi connectivity index (χ1v) is 12.0. The van der Waals surface area contributed by atoms with Gasteiger partial charge in [0.1, 0.15) is 0 Å². The zero-order chi connectivity index (χ0) is 20.9. The molecule has 1 aliphatic carbocycles. The predicted octanol–water partition coefficient (Wildman–Crippen LogP) is 3.69. The Morgan fingerprint density at radius 3 is 2.21 bits per heavy atom. The quantitative estimate of drug-likeness (QED) is 0.665. The van der Waals surface area contributed by atoms with Crippen LogP contribution < -0.4 is 0 Å². The molecule has 0 radical (unpaired) electrons. The van der Waals surface area contributed by atoms with Gasteiger partial charge in [-0.1, -0.05) is 44.2 Å². The topological polar surface area (TPSA) is 57.7 Å². The highest BCUT2D eigenvalue weighted by Gasteiger charge is 2.26. The second-order valence-electron chi connectivity index (χ2n) is 8.15. The van der Waals surface area contributed by atoms with Crippen LogP contribution in [0.5, 0.6) is 0 Å². The Labute approximate surface area is 172 Å². The highest BCUT2D eigenvalue weighted by molar-refractivity contribution is 7.91. The van der Waals surface area contributed by atoms with Crippen LogP contribution in [0.1, 0.15) is 50.5 Å². The summed E-state index contributed by atoms with van der Waals surface area (Å²) in [6.07, 6.45) is 8.10. The summed E-state index contributed by atoms with van der Waals surface area (Å²) in [4.78, 5) is 16.3. The van der Waals surface area contributed by atoms with E-state index in [9.17, 15) is 22.0 Å². The molecule has 1 amide bonds. The zero-order valence-electron chi connectivity index (χ0n) is 16.7. The Morgan fingerprint density at radius 1 is 1.00 bits per heavy atom. The smallest absolute Gasteiger partial charge is 0.340 e. The van der Waals surface area contributed by atoms with Crippen LogP contribution in [0.3, 0.4) is 0 Å². The lowest BCUT2D eigenvalue weighted by Gasteiger charge is -2.35. The van der Waals surface area contributed by atoms with Crippen LogP contribution in [-0.4, -0.2) is 56.1 Å². The normalized spacial score (nSPS) is 19.6. The van der Waals surface area contributed by atoms with Crippen molar-refractivity contribution in [2.75, 3.05) is 26.2 Å². The first-order chi connectivity index (χ1) is 13.9. The van der Waals surface area contributed by atoms with E-state index >= 15 is 0 Å². The van der Waals surface area contributed by atoms with Gasteiger partial charge >= 0.3 is 5.76 Å². The van der Waals surface area contributed by atoms with E-state index in [2.05, 4.69) is 4.90 Å². The number of hydrogen-bond acceptors (Lipinski definition) is 4. The molecule has 162 valence electrons. The maximum Gasteiger partial charge on any atom is 0.341 e. The minimum Gasteiger partial charge on any atom is -0.340 e. The summed E-state index contributed by atoms with van der Waals surface area (Å²) < 4.78 is 48.2.